The minimum Gasteiger partial charge on any atom is -0.359 e. The SMILES string of the molecule is Cc1cnncc1-c1nc(N2CCC(Cc3cc(F)c(F)c(F)c3)C2=O)n(COCC[Si](C)(C)C)n1. The summed E-state index contributed by atoms with van der Waals surface area (Å²) in [5, 5.41) is 12.4. The van der Waals surface area contributed by atoms with Gasteiger partial charge in [-0.2, -0.15) is 15.2 Å². The zero-order chi connectivity index (χ0) is 26.0. The fourth-order valence-electron chi connectivity index (χ4n) is 4.02. The Morgan fingerprint density at radius 3 is 2.47 bits per heavy atom. The molecule has 0 radical (unpaired) electrons. The molecule has 0 bridgehead atoms. The number of ether oxygens (including phenoxy) is 1. The summed E-state index contributed by atoms with van der Waals surface area (Å²) in [6, 6.07) is 2.84. The van der Waals surface area contributed by atoms with Crippen LogP contribution in [0.3, 0.4) is 0 Å². The monoisotopic (exact) mass is 518 g/mol. The van der Waals surface area contributed by atoms with Crippen LogP contribution < -0.4 is 4.90 Å². The molecule has 4 rings (SSSR count). The molecule has 1 atom stereocenters. The number of carbonyl (C=O) groups excluding carboxylic acids is 1. The summed E-state index contributed by atoms with van der Waals surface area (Å²) in [6.07, 6.45) is 3.72. The third-order valence-electron chi connectivity index (χ3n) is 6.12. The largest absolute Gasteiger partial charge is 0.359 e. The van der Waals surface area contributed by atoms with Crippen molar-refractivity contribution in [3.63, 3.8) is 0 Å². The van der Waals surface area contributed by atoms with Crippen molar-refractivity contribution in [3.05, 3.63) is 53.1 Å². The lowest BCUT2D eigenvalue weighted by molar-refractivity contribution is -0.120. The van der Waals surface area contributed by atoms with E-state index >= 15 is 0 Å². The summed E-state index contributed by atoms with van der Waals surface area (Å²) in [7, 11) is -1.29. The molecule has 0 saturated carbocycles. The summed E-state index contributed by atoms with van der Waals surface area (Å²) in [5.74, 6) is -4.11. The first-order valence-electron chi connectivity index (χ1n) is 11.8. The van der Waals surface area contributed by atoms with Gasteiger partial charge in [-0.25, -0.2) is 17.9 Å². The number of aromatic nitrogens is 5. The third-order valence-corrected chi connectivity index (χ3v) is 7.82. The number of aryl methyl sites for hydroxylation is 1. The quantitative estimate of drug-likeness (QED) is 0.238. The molecule has 12 heteroatoms. The first-order valence-corrected chi connectivity index (χ1v) is 15.5. The van der Waals surface area contributed by atoms with Crippen molar-refractivity contribution < 1.29 is 22.7 Å². The predicted octanol–water partition coefficient (Wildman–Crippen LogP) is 4.37. The fraction of sp³-hybridized carbons (Fsp3) is 0.458. The number of anilines is 1. The summed E-state index contributed by atoms with van der Waals surface area (Å²) in [6.45, 7) is 9.69. The molecule has 1 saturated heterocycles. The predicted molar refractivity (Wildman–Crippen MR) is 130 cm³/mol. The number of nitrogens with zero attached hydrogens (tertiary/aromatic N) is 6. The molecule has 1 aliphatic rings. The molecule has 1 amide bonds. The van der Waals surface area contributed by atoms with E-state index in [0.29, 0.717) is 36.9 Å². The number of halogens is 3. The van der Waals surface area contributed by atoms with Crippen LogP contribution in [0.4, 0.5) is 19.1 Å². The molecule has 0 N–H and O–H groups in total. The van der Waals surface area contributed by atoms with Gasteiger partial charge in [0, 0.05) is 32.7 Å². The highest BCUT2D eigenvalue weighted by Gasteiger charge is 2.36. The Labute approximate surface area is 208 Å². The Morgan fingerprint density at radius 2 is 1.81 bits per heavy atom. The first-order chi connectivity index (χ1) is 17.0. The van der Waals surface area contributed by atoms with Gasteiger partial charge in [-0.15, -0.1) is 5.10 Å². The molecule has 1 unspecified atom stereocenters. The van der Waals surface area contributed by atoms with E-state index in [1.54, 1.807) is 17.1 Å². The smallest absolute Gasteiger partial charge is 0.233 e. The van der Waals surface area contributed by atoms with Crippen molar-refractivity contribution in [2.24, 2.45) is 5.92 Å². The minimum absolute atomic E-state index is 0.0878. The van der Waals surface area contributed by atoms with Gasteiger partial charge in [0.05, 0.1) is 12.4 Å². The van der Waals surface area contributed by atoms with Crippen LogP contribution in [0.25, 0.3) is 11.4 Å². The van der Waals surface area contributed by atoms with E-state index in [0.717, 1.165) is 23.7 Å². The Hall–Kier alpha value is -3.12. The molecule has 1 aromatic carbocycles. The Balaban J connectivity index is 1.57. The van der Waals surface area contributed by atoms with Crippen LogP contribution in [0.1, 0.15) is 17.5 Å². The van der Waals surface area contributed by atoms with E-state index in [4.69, 9.17) is 4.74 Å². The zero-order valence-corrected chi connectivity index (χ0v) is 21.8. The van der Waals surface area contributed by atoms with Crippen LogP contribution in [-0.4, -0.2) is 52.1 Å². The first kappa shape index (κ1) is 26.0. The Kier molecular flexibility index (Phi) is 7.55. The number of carbonyl (C=O) groups is 1. The van der Waals surface area contributed by atoms with E-state index < -0.39 is 31.4 Å². The number of rotatable bonds is 9. The lowest BCUT2D eigenvalue weighted by Gasteiger charge is -2.18. The number of hydrogen-bond donors (Lipinski definition) is 0. The van der Waals surface area contributed by atoms with E-state index in [1.165, 1.54) is 4.90 Å². The molecule has 2 aromatic heterocycles. The summed E-state index contributed by atoms with van der Waals surface area (Å²) in [4.78, 5) is 19.4. The van der Waals surface area contributed by atoms with Gasteiger partial charge in [-0.1, -0.05) is 19.6 Å². The van der Waals surface area contributed by atoms with Gasteiger partial charge in [-0.3, -0.25) is 9.69 Å². The molecule has 36 heavy (non-hydrogen) atoms. The number of hydrogen-bond acceptors (Lipinski definition) is 6. The normalized spacial score (nSPS) is 16.2. The van der Waals surface area contributed by atoms with Crippen LogP contribution in [0, 0.1) is 30.3 Å². The maximum Gasteiger partial charge on any atom is 0.233 e. The fourth-order valence-corrected chi connectivity index (χ4v) is 4.77. The lowest BCUT2D eigenvalue weighted by atomic mass is 9.98. The van der Waals surface area contributed by atoms with Crippen molar-refractivity contribution in [2.75, 3.05) is 18.1 Å². The molecule has 1 fully saturated rings. The van der Waals surface area contributed by atoms with Crippen LogP contribution in [0.2, 0.25) is 25.7 Å². The van der Waals surface area contributed by atoms with Gasteiger partial charge in [0.1, 0.15) is 6.73 Å². The summed E-state index contributed by atoms with van der Waals surface area (Å²) in [5.41, 5.74) is 1.74. The van der Waals surface area contributed by atoms with Gasteiger partial charge in [0.2, 0.25) is 11.9 Å². The van der Waals surface area contributed by atoms with Gasteiger partial charge in [0.25, 0.3) is 0 Å². The molecule has 3 aromatic rings. The third kappa shape index (κ3) is 5.81. The van der Waals surface area contributed by atoms with Crippen LogP contribution in [0.5, 0.6) is 0 Å². The molecule has 0 spiro atoms. The van der Waals surface area contributed by atoms with E-state index in [2.05, 4.69) is 39.9 Å². The van der Waals surface area contributed by atoms with Crippen molar-refractivity contribution in [1.82, 2.24) is 25.0 Å². The molecule has 8 nitrogen and oxygen atoms in total. The zero-order valence-electron chi connectivity index (χ0n) is 20.8. The van der Waals surface area contributed by atoms with Crippen molar-refractivity contribution in [1.29, 1.82) is 0 Å². The average Bonchev–Trinajstić information content (AvgIpc) is 3.38. The standard InChI is InChI=1S/C24H29F3N6O2Si/c1-15-12-28-29-13-18(15)22-30-24(33(31-22)14-35-7-8-36(2,3)4)32-6-5-17(23(32)34)9-16-10-19(25)21(27)20(26)11-16/h10-13,17H,5-9,14H2,1-4H3. The van der Waals surface area contributed by atoms with Crippen molar-refractivity contribution >= 4 is 19.9 Å². The van der Waals surface area contributed by atoms with E-state index in [9.17, 15) is 18.0 Å². The molecule has 0 aliphatic carbocycles. The maximum absolute atomic E-state index is 13.7. The Morgan fingerprint density at radius 1 is 1.11 bits per heavy atom. The van der Waals surface area contributed by atoms with Gasteiger partial charge in [-0.05, 0) is 49.1 Å². The molecule has 1 aliphatic heterocycles. The summed E-state index contributed by atoms with van der Waals surface area (Å²) < 4.78 is 48.1. The number of benzene rings is 1. The summed E-state index contributed by atoms with van der Waals surface area (Å²) >= 11 is 0. The topological polar surface area (TPSA) is 86.0 Å². The Bertz CT molecular complexity index is 1240. The van der Waals surface area contributed by atoms with Gasteiger partial charge < -0.3 is 4.74 Å². The second kappa shape index (κ2) is 10.5. The van der Waals surface area contributed by atoms with E-state index in [-0.39, 0.29) is 24.6 Å². The minimum atomic E-state index is -1.52. The second-order valence-corrected chi connectivity index (χ2v) is 15.8. The maximum atomic E-state index is 13.7. The highest BCUT2D eigenvalue weighted by molar-refractivity contribution is 6.76. The van der Waals surface area contributed by atoms with Crippen molar-refractivity contribution in [2.45, 2.75) is 52.2 Å². The van der Waals surface area contributed by atoms with Crippen LogP contribution >= 0.6 is 0 Å². The molecular weight excluding hydrogens is 489 g/mol. The molecule has 192 valence electrons. The molecule has 3 heterocycles. The molecular formula is C24H29F3N6O2Si. The average molecular weight is 519 g/mol. The lowest BCUT2D eigenvalue weighted by Crippen LogP contribution is -2.31. The highest BCUT2D eigenvalue weighted by atomic mass is 28.3. The van der Waals surface area contributed by atoms with Gasteiger partial charge >= 0.3 is 0 Å². The van der Waals surface area contributed by atoms with Crippen LogP contribution in [0.15, 0.2) is 24.5 Å². The highest BCUT2D eigenvalue weighted by Crippen LogP contribution is 2.30. The number of amides is 1. The van der Waals surface area contributed by atoms with Crippen molar-refractivity contribution in [3.8, 4) is 11.4 Å². The second-order valence-electron chi connectivity index (χ2n) is 10.2. The van der Waals surface area contributed by atoms with Gasteiger partial charge in [0.15, 0.2) is 23.3 Å². The van der Waals surface area contributed by atoms with E-state index in [1.807, 2.05) is 6.92 Å². The van der Waals surface area contributed by atoms with Crippen LogP contribution in [-0.2, 0) is 22.7 Å².